The van der Waals surface area contributed by atoms with Gasteiger partial charge >= 0.3 is 5.97 Å². The minimum absolute atomic E-state index is 0.00549. The summed E-state index contributed by atoms with van der Waals surface area (Å²) in [5.41, 5.74) is 0.810. The highest BCUT2D eigenvalue weighted by Crippen LogP contribution is 2.22. The van der Waals surface area contributed by atoms with E-state index < -0.39 is 5.97 Å². The van der Waals surface area contributed by atoms with Crippen molar-refractivity contribution in [3.05, 3.63) is 23.2 Å². The monoisotopic (exact) mass is 223 g/mol. The van der Waals surface area contributed by atoms with Gasteiger partial charge in [0.25, 0.3) is 0 Å². The van der Waals surface area contributed by atoms with E-state index in [0.717, 1.165) is 12.0 Å². The number of carboxylic acid groups (broad SMARTS) is 1. The second-order valence-corrected chi connectivity index (χ2v) is 3.91. The summed E-state index contributed by atoms with van der Waals surface area (Å²) in [6.07, 6.45) is 1.49. The summed E-state index contributed by atoms with van der Waals surface area (Å²) >= 11 is 0. The van der Waals surface area contributed by atoms with Gasteiger partial charge in [0.2, 0.25) is 11.7 Å². The summed E-state index contributed by atoms with van der Waals surface area (Å²) in [7, 11) is 0. The van der Waals surface area contributed by atoms with Gasteiger partial charge in [0.1, 0.15) is 5.76 Å². The summed E-state index contributed by atoms with van der Waals surface area (Å²) in [6.45, 7) is 2.66. The molecule has 1 aliphatic rings. The molecule has 86 valence electrons. The molecule has 1 aromatic rings. The molecule has 0 aliphatic carbocycles. The number of rotatable bonds is 1. The maximum atomic E-state index is 11.3. The Kier molecular flexibility index (Phi) is 2.68. The fourth-order valence-corrected chi connectivity index (χ4v) is 1.90. The van der Waals surface area contributed by atoms with Crippen LogP contribution in [0.1, 0.15) is 35.2 Å². The van der Waals surface area contributed by atoms with Gasteiger partial charge in [-0.25, -0.2) is 4.79 Å². The summed E-state index contributed by atoms with van der Waals surface area (Å²) in [5.74, 6) is -0.412. The molecule has 0 aromatic carbocycles. The van der Waals surface area contributed by atoms with Gasteiger partial charge in [0, 0.05) is 32.0 Å². The topological polar surface area (TPSA) is 70.8 Å². The average molecular weight is 223 g/mol. The molecule has 16 heavy (non-hydrogen) atoms. The number of amides is 1. The Morgan fingerprint density at radius 2 is 2.25 bits per heavy atom. The third-order valence-corrected chi connectivity index (χ3v) is 2.75. The molecular weight excluding hydrogens is 210 g/mol. The molecule has 0 bridgehead atoms. The Labute approximate surface area is 92.7 Å². The first-order valence-electron chi connectivity index (χ1n) is 5.18. The van der Waals surface area contributed by atoms with Crippen LogP contribution in [-0.4, -0.2) is 28.4 Å². The zero-order chi connectivity index (χ0) is 11.7. The SMILES string of the molecule is CC(=O)N1CCCc2oc(C(=O)O)cc2C1. The quantitative estimate of drug-likeness (QED) is 0.778. The average Bonchev–Trinajstić information content (AvgIpc) is 2.50. The number of furan rings is 1. The van der Waals surface area contributed by atoms with Crippen LogP contribution in [0.4, 0.5) is 0 Å². The fourth-order valence-electron chi connectivity index (χ4n) is 1.90. The van der Waals surface area contributed by atoms with Crippen LogP contribution in [-0.2, 0) is 17.8 Å². The summed E-state index contributed by atoms with van der Waals surface area (Å²) in [4.78, 5) is 23.7. The molecule has 0 radical (unpaired) electrons. The van der Waals surface area contributed by atoms with Gasteiger partial charge < -0.3 is 14.4 Å². The molecule has 0 fully saturated rings. The van der Waals surface area contributed by atoms with Crippen molar-refractivity contribution in [1.29, 1.82) is 0 Å². The van der Waals surface area contributed by atoms with Gasteiger partial charge in [-0.3, -0.25) is 4.79 Å². The van der Waals surface area contributed by atoms with Gasteiger partial charge in [-0.2, -0.15) is 0 Å². The van der Waals surface area contributed by atoms with E-state index in [4.69, 9.17) is 9.52 Å². The van der Waals surface area contributed by atoms with E-state index in [9.17, 15) is 9.59 Å². The first kappa shape index (κ1) is 10.7. The van der Waals surface area contributed by atoms with E-state index in [0.29, 0.717) is 25.3 Å². The van der Waals surface area contributed by atoms with Crippen LogP contribution in [0.2, 0.25) is 0 Å². The molecule has 0 spiro atoms. The van der Waals surface area contributed by atoms with E-state index in [1.807, 2.05) is 0 Å². The number of fused-ring (bicyclic) bond motifs is 1. The second-order valence-electron chi connectivity index (χ2n) is 3.91. The van der Waals surface area contributed by atoms with Gasteiger partial charge in [0.15, 0.2) is 0 Å². The number of hydrogen-bond acceptors (Lipinski definition) is 3. The Balaban J connectivity index is 2.28. The molecule has 5 heteroatoms. The maximum Gasteiger partial charge on any atom is 0.371 e. The van der Waals surface area contributed by atoms with Crippen LogP contribution in [0.5, 0.6) is 0 Å². The van der Waals surface area contributed by atoms with E-state index in [1.54, 1.807) is 4.90 Å². The third-order valence-electron chi connectivity index (χ3n) is 2.75. The van der Waals surface area contributed by atoms with Gasteiger partial charge in [-0.15, -0.1) is 0 Å². The molecule has 1 aliphatic heterocycles. The highest BCUT2D eigenvalue weighted by molar-refractivity contribution is 5.84. The van der Waals surface area contributed by atoms with Crippen molar-refractivity contribution in [3.63, 3.8) is 0 Å². The van der Waals surface area contributed by atoms with Gasteiger partial charge in [-0.05, 0) is 12.5 Å². The smallest absolute Gasteiger partial charge is 0.371 e. The standard InChI is InChI=1S/C11H13NO4/c1-7(13)12-4-2-3-9-8(6-12)5-10(16-9)11(14)15/h5H,2-4,6H2,1H3,(H,14,15). The largest absolute Gasteiger partial charge is 0.475 e. The first-order chi connectivity index (χ1) is 7.58. The number of carbonyl (C=O) groups excluding carboxylic acids is 1. The summed E-state index contributed by atoms with van der Waals surface area (Å²) < 4.78 is 5.24. The Bertz CT molecular complexity index is 435. The zero-order valence-electron chi connectivity index (χ0n) is 9.02. The Morgan fingerprint density at radius 3 is 2.88 bits per heavy atom. The van der Waals surface area contributed by atoms with Crippen LogP contribution < -0.4 is 0 Å². The maximum absolute atomic E-state index is 11.3. The van der Waals surface area contributed by atoms with E-state index in [2.05, 4.69) is 0 Å². The highest BCUT2D eigenvalue weighted by Gasteiger charge is 2.21. The zero-order valence-corrected chi connectivity index (χ0v) is 9.02. The molecule has 1 aromatic heterocycles. The molecule has 5 nitrogen and oxygen atoms in total. The molecule has 0 saturated carbocycles. The van der Waals surface area contributed by atoms with Crippen LogP contribution in [0.15, 0.2) is 10.5 Å². The number of carbonyl (C=O) groups is 2. The normalized spacial score (nSPS) is 15.4. The lowest BCUT2D eigenvalue weighted by Gasteiger charge is -2.17. The lowest BCUT2D eigenvalue weighted by atomic mass is 10.2. The lowest BCUT2D eigenvalue weighted by molar-refractivity contribution is -0.129. The number of aromatic carboxylic acids is 1. The van der Waals surface area contributed by atoms with Crippen molar-refractivity contribution in [3.8, 4) is 0 Å². The van der Waals surface area contributed by atoms with Crippen molar-refractivity contribution in [2.75, 3.05) is 6.54 Å². The van der Waals surface area contributed by atoms with Crippen LogP contribution in [0.3, 0.4) is 0 Å². The minimum Gasteiger partial charge on any atom is -0.475 e. The van der Waals surface area contributed by atoms with Crippen molar-refractivity contribution >= 4 is 11.9 Å². The van der Waals surface area contributed by atoms with Crippen molar-refractivity contribution in [1.82, 2.24) is 4.90 Å². The molecule has 0 saturated heterocycles. The minimum atomic E-state index is -1.07. The Morgan fingerprint density at radius 1 is 1.50 bits per heavy atom. The first-order valence-corrected chi connectivity index (χ1v) is 5.18. The predicted octanol–water partition coefficient (Wildman–Crippen LogP) is 1.27. The van der Waals surface area contributed by atoms with Crippen LogP contribution >= 0.6 is 0 Å². The van der Waals surface area contributed by atoms with Crippen LogP contribution in [0.25, 0.3) is 0 Å². The van der Waals surface area contributed by atoms with Crippen molar-refractivity contribution in [2.45, 2.75) is 26.3 Å². The van der Waals surface area contributed by atoms with E-state index >= 15 is 0 Å². The van der Waals surface area contributed by atoms with E-state index in [1.165, 1.54) is 13.0 Å². The molecule has 1 amide bonds. The molecular formula is C11H13NO4. The van der Waals surface area contributed by atoms with Crippen molar-refractivity contribution < 1.29 is 19.1 Å². The summed E-state index contributed by atoms with van der Waals surface area (Å²) in [6, 6.07) is 1.51. The number of aryl methyl sites for hydroxylation is 1. The van der Waals surface area contributed by atoms with E-state index in [-0.39, 0.29) is 11.7 Å². The lowest BCUT2D eigenvalue weighted by Crippen LogP contribution is -2.28. The highest BCUT2D eigenvalue weighted by atomic mass is 16.4. The number of carboxylic acids is 1. The van der Waals surface area contributed by atoms with Crippen LogP contribution in [0, 0.1) is 0 Å². The molecule has 1 N–H and O–H groups in total. The molecule has 0 atom stereocenters. The second kappa shape index (κ2) is 4.00. The molecule has 2 rings (SSSR count). The fraction of sp³-hybridized carbons (Fsp3) is 0.455. The summed E-state index contributed by atoms with van der Waals surface area (Å²) in [5, 5.41) is 8.81. The number of hydrogen-bond donors (Lipinski definition) is 1. The predicted molar refractivity (Wildman–Crippen MR) is 55.1 cm³/mol. The molecule has 2 heterocycles. The molecule has 0 unspecified atom stereocenters. The van der Waals surface area contributed by atoms with Crippen molar-refractivity contribution in [2.24, 2.45) is 0 Å². The van der Waals surface area contributed by atoms with Gasteiger partial charge in [-0.1, -0.05) is 0 Å². The van der Waals surface area contributed by atoms with Gasteiger partial charge in [0.05, 0.1) is 0 Å². The third kappa shape index (κ3) is 1.93. The Hall–Kier alpha value is -1.78. The number of nitrogens with zero attached hydrogens (tertiary/aromatic N) is 1.